The highest BCUT2D eigenvalue weighted by molar-refractivity contribution is 7.99. The van der Waals surface area contributed by atoms with E-state index in [9.17, 15) is 9.59 Å². The molecule has 0 bridgehead atoms. The second-order valence-corrected chi connectivity index (χ2v) is 10.1. The number of hydrogen-bond donors (Lipinski definition) is 2. The highest BCUT2D eigenvalue weighted by Gasteiger charge is 2.29. The molecular weight excluding hydrogens is 456 g/mol. The predicted octanol–water partition coefficient (Wildman–Crippen LogP) is 4.34. The van der Waals surface area contributed by atoms with E-state index in [2.05, 4.69) is 27.5 Å². The maximum absolute atomic E-state index is 13.0. The molecule has 2 amide bonds. The minimum atomic E-state index is -0.432. The van der Waals surface area contributed by atoms with Crippen LogP contribution < -0.4 is 10.6 Å². The molecule has 0 radical (unpaired) electrons. The number of ether oxygens (including phenoxy) is 1. The lowest BCUT2D eigenvalue weighted by Gasteiger charge is -2.13. The first-order valence-corrected chi connectivity index (χ1v) is 12.8. The quantitative estimate of drug-likeness (QED) is 0.431. The number of fused-ring (bicyclic) bond motifs is 1. The lowest BCUT2D eigenvalue weighted by Crippen LogP contribution is -2.32. The van der Waals surface area contributed by atoms with Crippen LogP contribution in [0, 0.1) is 0 Å². The number of halogens is 1. The molecule has 0 unspecified atom stereocenters. The summed E-state index contributed by atoms with van der Waals surface area (Å²) >= 11 is 9.15. The Kier molecular flexibility index (Phi) is 7.47. The van der Waals surface area contributed by atoms with Gasteiger partial charge in [-0.2, -0.15) is 0 Å². The summed E-state index contributed by atoms with van der Waals surface area (Å²) in [6.45, 7) is 3.29. The van der Waals surface area contributed by atoms with E-state index < -0.39 is 5.91 Å². The molecule has 1 saturated heterocycles. The van der Waals surface area contributed by atoms with Crippen molar-refractivity contribution in [3.63, 3.8) is 0 Å². The number of rotatable bonds is 8. The Morgan fingerprint density at radius 1 is 1.32 bits per heavy atom. The van der Waals surface area contributed by atoms with Crippen molar-refractivity contribution in [2.75, 3.05) is 24.2 Å². The smallest absolute Gasteiger partial charge is 0.276 e. The van der Waals surface area contributed by atoms with Crippen molar-refractivity contribution in [2.24, 2.45) is 0 Å². The number of carbonyl (C=O) groups excluding carboxylic acids is 2. The van der Waals surface area contributed by atoms with Gasteiger partial charge in [-0.1, -0.05) is 30.3 Å². The number of aryl methyl sites for hydroxylation is 1. The van der Waals surface area contributed by atoms with Gasteiger partial charge in [-0.15, -0.1) is 11.3 Å². The Labute approximate surface area is 194 Å². The Balaban J connectivity index is 1.53. The van der Waals surface area contributed by atoms with Crippen molar-refractivity contribution < 1.29 is 14.3 Å². The minimum Gasteiger partial charge on any atom is -0.376 e. The number of aromatic nitrogens is 2. The maximum Gasteiger partial charge on any atom is 0.276 e. The van der Waals surface area contributed by atoms with Crippen LogP contribution in [0.1, 0.15) is 63.9 Å². The van der Waals surface area contributed by atoms with Gasteiger partial charge < -0.3 is 15.4 Å². The number of hydrogen-bond acceptors (Lipinski definition) is 7. The number of anilines is 1. The number of amides is 2. The van der Waals surface area contributed by atoms with Crippen LogP contribution in [0.15, 0.2) is 11.4 Å². The first-order valence-electron chi connectivity index (χ1n) is 10.6. The number of carbonyl (C=O) groups is 2. The Morgan fingerprint density at radius 3 is 2.97 bits per heavy atom. The number of nitrogens with zero attached hydrogens (tertiary/aromatic N) is 2. The van der Waals surface area contributed by atoms with Gasteiger partial charge in [-0.3, -0.25) is 9.59 Å². The summed E-state index contributed by atoms with van der Waals surface area (Å²) in [6, 6.07) is 0. The van der Waals surface area contributed by atoms with Crippen LogP contribution in [0.4, 0.5) is 5.00 Å². The van der Waals surface area contributed by atoms with Gasteiger partial charge in [0, 0.05) is 23.8 Å². The van der Waals surface area contributed by atoms with Crippen LogP contribution in [0.25, 0.3) is 0 Å². The topological polar surface area (TPSA) is 93.2 Å². The van der Waals surface area contributed by atoms with Gasteiger partial charge >= 0.3 is 0 Å². The summed E-state index contributed by atoms with van der Waals surface area (Å²) in [4.78, 5) is 35.7. The molecule has 166 valence electrons. The van der Waals surface area contributed by atoms with Crippen LogP contribution >= 0.6 is 34.7 Å². The normalized spacial score (nSPS) is 17.5. The molecule has 31 heavy (non-hydrogen) atoms. The van der Waals surface area contributed by atoms with E-state index in [1.54, 1.807) is 0 Å². The highest BCUT2D eigenvalue weighted by atomic mass is 35.5. The van der Waals surface area contributed by atoms with Gasteiger partial charge in [0.2, 0.25) is 0 Å². The predicted molar refractivity (Wildman–Crippen MR) is 124 cm³/mol. The fraction of sp³-hybridized carbons (Fsp3) is 0.524. The molecule has 2 aromatic rings. The zero-order valence-electron chi connectivity index (χ0n) is 17.3. The third kappa shape index (κ3) is 5.22. The van der Waals surface area contributed by atoms with E-state index in [4.69, 9.17) is 16.3 Å². The monoisotopic (exact) mass is 480 g/mol. The standard InChI is InChI=1S/C21H25ClN4O3S2/c1-2-9-30-21-24-11-14(22)17(25-21)19(28)26-20-16(13-6-3-7-15(13)31-20)18(27)23-10-12-5-4-8-29-12/h11-12H,2-10H2,1H3,(H,23,27)(H,26,28)/t12-/m0/s1. The fourth-order valence-electron chi connectivity index (χ4n) is 3.77. The third-order valence-electron chi connectivity index (χ3n) is 5.26. The zero-order chi connectivity index (χ0) is 21.8. The lowest BCUT2D eigenvalue weighted by atomic mass is 10.1. The average Bonchev–Trinajstić information content (AvgIpc) is 3.49. The van der Waals surface area contributed by atoms with Crippen molar-refractivity contribution in [1.82, 2.24) is 15.3 Å². The molecule has 4 rings (SSSR count). The van der Waals surface area contributed by atoms with E-state index in [1.165, 1.54) is 29.3 Å². The molecule has 0 spiro atoms. The van der Waals surface area contributed by atoms with Crippen molar-refractivity contribution in [3.05, 3.63) is 32.9 Å². The zero-order valence-corrected chi connectivity index (χ0v) is 19.7. The molecule has 1 aliphatic heterocycles. The number of thiophene rings is 1. The maximum atomic E-state index is 13.0. The molecule has 1 fully saturated rings. The molecular formula is C21H25ClN4O3S2. The van der Waals surface area contributed by atoms with Crippen molar-refractivity contribution in [1.29, 1.82) is 0 Å². The van der Waals surface area contributed by atoms with E-state index in [1.807, 2.05) is 0 Å². The van der Waals surface area contributed by atoms with E-state index in [0.29, 0.717) is 22.3 Å². The molecule has 1 aliphatic carbocycles. The van der Waals surface area contributed by atoms with Gasteiger partial charge in [0.05, 0.1) is 22.9 Å². The summed E-state index contributed by atoms with van der Waals surface area (Å²) < 4.78 is 5.61. The van der Waals surface area contributed by atoms with Crippen LogP contribution in [0.2, 0.25) is 5.02 Å². The first-order chi connectivity index (χ1) is 15.1. The van der Waals surface area contributed by atoms with Crippen molar-refractivity contribution >= 4 is 51.5 Å². The van der Waals surface area contributed by atoms with Crippen molar-refractivity contribution in [2.45, 2.75) is 56.7 Å². The molecule has 7 nitrogen and oxygen atoms in total. The van der Waals surface area contributed by atoms with Gasteiger partial charge in [0.15, 0.2) is 10.9 Å². The van der Waals surface area contributed by atoms with Gasteiger partial charge in [0.25, 0.3) is 11.8 Å². The summed E-state index contributed by atoms with van der Waals surface area (Å²) in [5.74, 6) is 0.257. The highest BCUT2D eigenvalue weighted by Crippen LogP contribution is 2.39. The number of thioether (sulfide) groups is 1. The Morgan fingerprint density at radius 2 is 2.19 bits per heavy atom. The average molecular weight is 481 g/mol. The van der Waals surface area contributed by atoms with Crippen LogP contribution in [0.3, 0.4) is 0 Å². The molecule has 0 aromatic carbocycles. The second kappa shape index (κ2) is 10.3. The van der Waals surface area contributed by atoms with Gasteiger partial charge in [0.1, 0.15) is 5.00 Å². The SMILES string of the molecule is CCCSc1ncc(Cl)c(C(=O)Nc2sc3c(c2C(=O)NC[C@@H]2CCCO2)CCC3)n1. The molecule has 2 aromatic heterocycles. The van der Waals surface area contributed by atoms with Crippen LogP contribution in [0.5, 0.6) is 0 Å². The fourth-order valence-corrected chi connectivity index (χ4v) is 5.90. The second-order valence-electron chi connectivity index (χ2n) is 7.56. The van der Waals surface area contributed by atoms with E-state index in [-0.39, 0.29) is 22.7 Å². The molecule has 3 heterocycles. The summed E-state index contributed by atoms with van der Waals surface area (Å²) in [5.41, 5.74) is 1.72. The molecule has 0 saturated carbocycles. The summed E-state index contributed by atoms with van der Waals surface area (Å²) in [7, 11) is 0. The Hall–Kier alpha value is -1.68. The molecule has 10 heteroatoms. The molecule has 2 N–H and O–H groups in total. The summed E-state index contributed by atoms with van der Waals surface area (Å²) in [5, 5.41) is 7.14. The Bertz CT molecular complexity index is 976. The minimum absolute atomic E-state index is 0.0625. The van der Waals surface area contributed by atoms with Gasteiger partial charge in [-0.25, -0.2) is 9.97 Å². The van der Waals surface area contributed by atoms with Gasteiger partial charge in [-0.05, 0) is 44.1 Å². The number of nitrogens with one attached hydrogen (secondary N) is 2. The first kappa shape index (κ1) is 22.5. The van der Waals surface area contributed by atoms with E-state index >= 15 is 0 Å². The molecule has 2 aliphatic rings. The third-order valence-corrected chi connectivity index (χ3v) is 7.81. The van der Waals surface area contributed by atoms with Crippen LogP contribution in [-0.2, 0) is 17.6 Å². The largest absolute Gasteiger partial charge is 0.376 e. The van der Waals surface area contributed by atoms with E-state index in [0.717, 1.165) is 61.3 Å². The summed E-state index contributed by atoms with van der Waals surface area (Å²) in [6.07, 6.45) is 7.26. The lowest BCUT2D eigenvalue weighted by molar-refractivity contribution is 0.0858. The molecule has 1 atom stereocenters. The van der Waals surface area contributed by atoms with Crippen molar-refractivity contribution in [3.8, 4) is 0 Å². The van der Waals surface area contributed by atoms with Crippen LogP contribution in [-0.4, -0.2) is 46.8 Å².